The molecule has 124 valence electrons. The molecule has 1 saturated carbocycles. The third-order valence-corrected chi connectivity index (χ3v) is 3.97. The van der Waals surface area contributed by atoms with Crippen molar-refractivity contribution in [2.24, 2.45) is 0 Å². The lowest BCUT2D eigenvalue weighted by atomic mass is 10.1. The first-order chi connectivity index (χ1) is 11.2. The smallest absolute Gasteiger partial charge is 0.145 e. The highest BCUT2D eigenvalue weighted by Crippen LogP contribution is 2.27. The molecule has 1 aliphatic carbocycles. The van der Waals surface area contributed by atoms with Crippen LogP contribution in [0.2, 0.25) is 0 Å². The van der Waals surface area contributed by atoms with Crippen LogP contribution in [0, 0.1) is 6.92 Å². The maximum atomic E-state index is 5.94. The van der Waals surface area contributed by atoms with Gasteiger partial charge in [-0.05, 0) is 37.5 Å². The van der Waals surface area contributed by atoms with E-state index in [1.54, 1.807) is 12.5 Å². The molecule has 0 bridgehead atoms. The van der Waals surface area contributed by atoms with Gasteiger partial charge in [-0.2, -0.15) is 0 Å². The molecule has 1 aliphatic rings. The molecule has 6 N–H and O–H groups in total. The maximum Gasteiger partial charge on any atom is 0.145 e. The lowest BCUT2D eigenvalue weighted by molar-refractivity contribution is 0.970. The van der Waals surface area contributed by atoms with Crippen molar-refractivity contribution in [1.29, 1.82) is 0 Å². The molecule has 7 heteroatoms. The van der Waals surface area contributed by atoms with Gasteiger partial charge in [0.15, 0.2) is 0 Å². The quantitative estimate of drug-likeness (QED) is 0.635. The summed E-state index contributed by atoms with van der Waals surface area (Å²) in [7, 11) is 0. The topological polar surface area (TPSA) is 117 Å². The van der Waals surface area contributed by atoms with Crippen molar-refractivity contribution in [2.45, 2.75) is 25.8 Å². The zero-order chi connectivity index (χ0) is 15.8. The molecule has 1 fully saturated rings. The van der Waals surface area contributed by atoms with E-state index >= 15 is 0 Å². The molecule has 0 unspecified atom stereocenters. The first kappa shape index (κ1) is 15.9. The van der Waals surface area contributed by atoms with Crippen molar-refractivity contribution in [3.63, 3.8) is 0 Å². The summed E-state index contributed by atoms with van der Waals surface area (Å²) >= 11 is 0. The Kier molecular flexibility index (Phi) is 4.18. The fourth-order valence-electron chi connectivity index (χ4n) is 2.56. The number of anilines is 2. The Bertz CT molecular complexity index is 852. The zero-order valence-electron chi connectivity index (χ0n) is 13.6. The van der Waals surface area contributed by atoms with E-state index in [1.165, 1.54) is 12.8 Å². The van der Waals surface area contributed by atoms with Crippen molar-refractivity contribution in [3.8, 4) is 17.2 Å². The highest BCUT2D eigenvalue weighted by Gasteiger charge is 2.21. The van der Waals surface area contributed by atoms with Gasteiger partial charge in [0.05, 0.1) is 0 Å². The average molecular weight is 323 g/mol. The van der Waals surface area contributed by atoms with Gasteiger partial charge in [-0.1, -0.05) is 6.07 Å². The predicted molar refractivity (Wildman–Crippen MR) is 95.4 cm³/mol. The van der Waals surface area contributed by atoms with Crippen molar-refractivity contribution in [2.75, 3.05) is 11.1 Å². The molecule has 0 atom stereocenters. The highest BCUT2D eigenvalue weighted by molar-refractivity contribution is 5.67. The molecule has 1 aromatic carbocycles. The molecule has 0 spiro atoms. The van der Waals surface area contributed by atoms with Gasteiger partial charge >= 0.3 is 0 Å². The number of nitrogens with two attached hydrogens (primary N) is 1. The standard InChI is InChI=1S/C17H18N6.H3N/c1-11-2-3-12(18)8-14(11)17-19-6-7-23(17)16-9-15(20-10-21-16)22-13-4-5-13;/h2-3,6-10,13H,4-5,18H2,1H3,(H,20,21,22);1H3. The summed E-state index contributed by atoms with van der Waals surface area (Å²) in [4.78, 5) is 13.2. The molecule has 24 heavy (non-hydrogen) atoms. The van der Waals surface area contributed by atoms with Crippen LogP contribution in [0.4, 0.5) is 11.5 Å². The number of benzene rings is 1. The summed E-state index contributed by atoms with van der Waals surface area (Å²) in [6, 6.07) is 8.35. The first-order valence-electron chi connectivity index (χ1n) is 7.69. The van der Waals surface area contributed by atoms with Crippen molar-refractivity contribution in [3.05, 3.63) is 48.5 Å². The molecule has 7 nitrogen and oxygen atoms in total. The lowest BCUT2D eigenvalue weighted by Gasteiger charge is -2.11. The second-order valence-electron chi connectivity index (χ2n) is 5.88. The van der Waals surface area contributed by atoms with Crippen LogP contribution < -0.4 is 17.2 Å². The third kappa shape index (κ3) is 3.07. The summed E-state index contributed by atoms with van der Waals surface area (Å²) < 4.78 is 1.96. The number of nitrogens with zero attached hydrogens (tertiary/aromatic N) is 4. The van der Waals surface area contributed by atoms with E-state index in [2.05, 4.69) is 20.3 Å². The molecule has 4 rings (SSSR count). The number of hydrogen-bond acceptors (Lipinski definition) is 6. The molecular weight excluding hydrogens is 302 g/mol. The fourth-order valence-corrected chi connectivity index (χ4v) is 2.56. The zero-order valence-corrected chi connectivity index (χ0v) is 13.6. The molecule has 2 heterocycles. The largest absolute Gasteiger partial charge is 0.399 e. The number of rotatable bonds is 4. The van der Waals surface area contributed by atoms with Gasteiger partial charge in [0.25, 0.3) is 0 Å². The van der Waals surface area contributed by atoms with Crippen LogP contribution in [-0.4, -0.2) is 25.6 Å². The number of hydrogen-bond donors (Lipinski definition) is 3. The molecule has 2 aromatic heterocycles. The Hall–Kier alpha value is -2.93. The molecule has 0 amide bonds. The lowest BCUT2D eigenvalue weighted by Crippen LogP contribution is -2.06. The Morgan fingerprint density at radius 2 is 2.00 bits per heavy atom. The highest BCUT2D eigenvalue weighted by atomic mass is 15.1. The number of nitrogen functional groups attached to an aromatic ring is 1. The van der Waals surface area contributed by atoms with Crippen LogP contribution in [0.15, 0.2) is 43.0 Å². The normalized spacial score (nSPS) is 13.4. The number of aryl methyl sites for hydroxylation is 1. The van der Waals surface area contributed by atoms with E-state index in [0.717, 1.165) is 34.3 Å². The number of nitrogens with one attached hydrogen (secondary N) is 1. The minimum Gasteiger partial charge on any atom is -0.399 e. The van der Waals surface area contributed by atoms with Gasteiger partial charge in [0.2, 0.25) is 0 Å². The Morgan fingerprint density at radius 3 is 2.79 bits per heavy atom. The van der Waals surface area contributed by atoms with Crippen molar-refractivity contribution in [1.82, 2.24) is 25.7 Å². The van der Waals surface area contributed by atoms with Gasteiger partial charge in [-0.15, -0.1) is 0 Å². The van der Waals surface area contributed by atoms with Gasteiger partial charge in [0.1, 0.15) is 23.8 Å². The van der Waals surface area contributed by atoms with Gasteiger partial charge in [-0.25, -0.2) is 15.0 Å². The van der Waals surface area contributed by atoms with Crippen molar-refractivity contribution >= 4 is 11.5 Å². The van der Waals surface area contributed by atoms with Crippen LogP contribution in [0.1, 0.15) is 18.4 Å². The molecule has 0 aliphatic heterocycles. The second kappa shape index (κ2) is 6.29. The van der Waals surface area contributed by atoms with E-state index in [1.807, 2.05) is 42.0 Å². The number of aromatic nitrogens is 4. The Labute approximate surface area is 140 Å². The van der Waals surface area contributed by atoms with Crippen LogP contribution in [0.25, 0.3) is 17.2 Å². The maximum absolute atomic E-state index is 5.94. The summed E-state index contributed by atoms with van der Waals surface area (Å²) in [6.45, 7) is 2.05. The van der Waals surface area contributed by atoms with E-state index in [-0.39, 0.29) is 6.15 Å². The van der Waals surface area contributed by atoms with E-state index in [9.17, 15) is 0 Å². The van der Waals surface area contributed by atoms with Gasteiger partial charge < -0.3 is 17.2 Å². The predicted octanol–water partition coefficient (Wildman–Crippen LogP) is 2.96. The van der Waals surface area contributed by atoms with Crippen molar-refractivity contribution < 1.29 is 0 Å². The van der Waals surface area contributed by atoms with Gasteiger partial charge in [0, 0.05) is 35.8 Å². The molecular formula is C17H21N7. The van der Waals surface area contributed by atoms with Crippen LogP contribution in [0.5, 0.6) is 0 Å². The van der Waals surface area contributed by atoms with Crippen LogP contribution in [0.3, 0.4) is 0 Å². The summed E-state index contributed by atoms with van der Waals surface area (Å²) in [6.07, 6.45) is 7.67. The third-order valence-electron chi connectivity index (χ3n) is 3.97. The Balaban J connectivity index is 0.00000169. The molecule has 0 radical (unpaired) electrons. The van der Waals surface area contributed by atoms with E-state index in [4.69, 9.17) is 5.73 Å². The average Bonchev–Trinajstić information content (AvgIpc) is 3.23. The van der Waals surface area contributed by atoms with Gasteiger partial charge in [-0.3, -0.25) is 4.57 Å². The summed E-state index contributed by atoms with van der Waals surface area (Å²) in [5.74, 6) is 2.46. The molecule has 0 saturated heterocycles. The van der Waals surface area contributed by atoms with Crippen LogP contribution >= 0.6 is 0 Å². The first-order valence-corrected chi connectivity index (χ1v) is 7.69. The number of imidazole rings is 1. The SMILES string of the molecule is Cc1ccc(N)cc1-c1nccn1-c1cc(NC2CC2)ncn1.N. The monoisotopic (exact) mass is 323 g/mol. The summed E-state index contributed by atoms with van der Waals surface area (Å²) in [5, 5.41) is 3.39. The minimum atomic E-state index is 0. The summed E-state index contributed by atoms with van der Waals surface area (Å²) in [5.41, 5.74) is 8.78. The minimum absolute atomic E-state index is 0. The Morgan fingerprint density at radius 1 is 1.17 bits per heavy atom. The fraction of sp³-hybridized carbons (Fsp3) is 0.235. The van der Waals surface area contributed by atoms with E-state index < -0.39 is 0 Å². The second-order valence-corrected chi connectivity index (χ2v) is 5.88. The van der Waals surface area contributed by atoms with Crippen LogP contribution in [-0.2, 0) is 0 Å². The van der Waals surface area contributed by atoms with E-state index in [0.29, 0.717) is 6.04 Å². The molecule has 3 aromatic rings.